The fourth-order valence-electron chi connectivity index (χ4n) is 2.04. The average Bonchev–Trinajstić information content (AvgIpc) is 2.74. The van der Waals surface area contributed by atoms with Crippen molar-refractivity contribution in [2.45, 2.75) is 81.1 Å². The van der Waals surface area contributed by atoms with Gasteiger partial charge in [-0.1, -0.05) is 88.3 Å². The van der Waals surface area contributed by atoms with Crippen molar-refractivity contribution in [2.24, 2.45) is 0 Å². The van der Waals surface area contributed by atoms with Crippen LogP contribution in [-0.4, -0.2) is 6.54 Å². The summed E-state index contributed by atoms with van der Waals surface area (Å²) in [5.41, 5.74) is 6.44. The molecule has 0 aliphatic carbocycles. The SMILES string of the molecule is C=C/C(C)=C(\C=C\C)NCCC.C=CC.C=CCc1cc(C)ccc1C.CCCC. The molecule has 1 aromatic rings. The van der Waals surface area contributed by atoms with Gasteiger partial charge in [0.1, 0.15) is 0 Å². The molecule has 170 valence electrons. The number of hydrogen-bond donors (Lipinski definition) is 1. The maximum absolute atomic E-state index is 3.74. The molecule has 0 aliphatic heterocycles. The summed E-state index contributed by atoms with van der Waals surface area (Å²) in [6.45, 7) is 28.6. The van der Waals surface area contributed by atoms with Crippen molar-refractivity contribution in [1.29, 1.82) is 0 Å². The van der Waals surface area contributed by atoms with E-state index in [9.17, 15) is 0 Å². The normalized spacial score (nSPS) is 10.1. The number of rotatable bonds is 8. The molecule has 0 bridgehead atoms. The largest absolute Gasteiger partial charge is 0.385 e. The van der Waals surface area contributed by atoms with E-state index in [0.717, 1.165) is 19.4 Å². The van der Waals surface area contributed by atoms with Gasteiger partial charge in [0.25, 0.3) is 0 Å². The van der Waals surface area contributed by atoms with E-state index in [4.69, 9.17) is 0 Å². The standard InChI is InChI=1S/C11H19N.C11H14.C4H10.C3H6/c1-5-8-11(10(4)7-3)12-9-6-2;1-4-5-11-8-9(2)6-7-10(11)3;1-3-4-2;1-3-2/h5,7-8,12H,3,6,9H2,1-2,4H3;4,6-8H,1,5H2,2-3H3;3-4H2,1-2H3;3H,1H2,2H3/b8-5+,11-10+;;;. The van der Waals surface area contributed by atoms with E-state index >= 15 is 0 Å². The zero-order valence-corrected chi connectivity index (χ0v) is 21.3. The summed E-state index contributed by atoms with van der Waals surface area (Å²) in [5, 5.41) is 3.34. The molecule has 0 atom stereocenters. The van der Waals surface area contributed by atoms with Gasteiger partial charge in [0.15, 0.2) is 0 Å². The lowest BCUT2D eigenvalue weighted by Gasteiger charge is -2.07. The Morgan fingerprint density at radius 2 is 1.53 bits per heavy atom. The maximum Gasteiger partial charge on any atom is 0.0366 e. The first-order valence-corrected chi connectivity index (χ1v) is 11.3. The molecule has 1 N–H and O–H groups in total. The van der Waals surface area contributed by atoms with E-state index in [-0.39, 0.29) is 0 Å². The van der Waals surface area contributed by atoms with Gasteiger partial charge in [-0.15, -0.1) is 13.2 Å². The van der Waals surface area contributed by atoms with E-state index in [0.29, 0.717) is 0 Å². The molecule has 1 heteroatoms. The predicted molar refractivity (Wildman–Crippen MR) is 142 cm³/mol. The van der Waals surface area contributed by atoms with Crippen LogP contribution in [0.15, 0.2) is 79.6 Å². The number of hydrogen-bond acceptors (Lipinski definition) is 1. The lowest BCUT2D eigenvalue weighted by atomic mass is 10.0. The van der Waals surface area contributed by atoms with Crippen molar-refractivity contribution in [3.05, 3.63) is 96.3 Å². The molecule has 1 nitrogen and oxygen atoms in total. The molecule has 0 saturated carbocycles. The van der Waals surface area contributed by atoms with Crippen molar-refractivity contribution < 1.29 is 0 Å². The van der Waals surface area contributed by atoms with Crippen molar-refractivity contribution in [2.75, 3.05) is 6.54 Å². The maximum atomic E-state index is 3.74. The summed E-state index contributed by atoms with van der Waals surface area (Å²) in [6.07, 6.45) is 14.4. The van der Waals surface area contributed by atoms with Gasteiger partial charge < -0.3 is 5.32 Å². The van der Waals surface area contributed by atoms with Crippen molar-refractivity contribution >= 4 is 0 Å². The Bertz CT molecular complexity index is 615. The Morgan fingerprint density at radius 1 is 0.967 bits per heavy atom. The minimum absolute atomic E-state index is 0.980. The highest BCUT2D eigenvalue weighted by Gasteiger charge is 1.94. The van der Waals surface area contributed by atoms with E-state index in [1.54, 1.807) is 6.08 Å². The molecule has 0 saturated heterocycles. The van der Waals surface area contributed by atoms with E-state index in [2.05, 4.69) is 90.9 Å². The number of aryl methyl sites for hydroxylation is 2. The van der Waals surface area contributed by atoms with Crippen molar-refractivity contribution in [3.8, 4) is 0 Å². The fourth-order valence-corrected chi connectivity index (χ4v) is 2.04. The zero-order valence-electron chi connectivity index (χ0n) is 21.3. The summed E-state index contributed by atoms with van der Waals surface area (Å²) in [7, 11) is 0. The predicted octanol–water partition coefficient (Wildman–Crippen LogP) is 9.05. The second-order valence-corrected chi connectivity index (χ2v) is 7.06. The molecule has 1 rings (SSSR count). The quantitative estimate of drug-likeness (QED) is 0.332. The zero-order chi connectivity index (χ0) is 23.8. The van der Waals surface area contributed by atoms with E-state index in [1.165, 1.54) is 40.8 Å². The van der Waals surface area contributed by atoms with Gasteiger partial charge in [0.05, 0.1) is 0 Å². The third-order valence-electron chi connectivity index (χ3n) is 4.00. The fraction of sp³-hybridized carbons (Fsp3) is 0.448. The molecule has 0 heterocycles. The van der Waals surface area contributed by atoms with Crippen LogP contribution in [0.4, 0.5) is 0 Å². The Kier molecular flexibility index (Phi) is 26.7. The van der Waals surface area contributed by atoms with Crippen molar-refractivity contribution in [3.63, 3.8) is 0 Å². The second kappa shape index (κ2) is 24.8. The number of unbranched alkanes of at least 4 members (excludes halogenated alkanes) is 1. The summed E-state index contributed by atoms with van der Waals surface area (Å²) >= 11 is 0. The van der Waals surface area contributed by atoms with Crippen LogP contribution in [0, 0.1) is 13.8 Å². The topological polar surface area (TPSA) is 12.0 Å². The Hall–Kier alpha value is -2.28. The van der Waals surface area contributed by atoms with E-state index in [1.807, 2.05) is 32.1 Å². The molecule has 0 spiro atoms. The molecular formula is C29H49N. The molecule has 0 fully saturated rings. The molecule has 0 amide bonds. The summed E-state index contributed by atoms with van der Waals surface area (Å²) in [6, 6.07) is 6.52. The molecule has 0 radical (unpaired) electrons. The van der Waals surface area contributed by atoms with Crippen LogP contribution in [0.1, 0.15) is 77.5 Å². The number of benzene rings is 1. The third kappa shape index (κ3) is 20.5. The molecule has 0 unspecified atom stereocenters. The molecule has 0 aliphatic rings. The highest BCUT2D eigenvalue weighted by atomic mass is 14.9. The van der Waals surface area contributed by atoms with Gasteiger partial charge in [-0.25, -0.2) is 0 Å². The van der Waals surface area contributed by atoms with E-state index < -0.39 is 0 Å². The van der Waals surface area contributed by atoms with Crippen LogP contribution in [0.3, 0.4) is 0 Å². The van der Waals surface area contributed by atoms with Gasteiger partial charge >= 0.3 is 0 Å². The Labute approximate surface area is 189 Å². The number of allylic oxidation sites excluding steroid dienone is 6. The first-order chi connectivity index (χ1) is 14.3. The first-order valence-electron chi connectivity index (χ1n) is 11.3. The third-order valence-corrected chi connectivity index (χ3v) is 4.00. The van der Waals surface area contributed by atoms with Crippen LogP contribution in [-0.2, 0) is 6.42 Å². The summed E-state index contributed by atoms with van der Waals surface area (Å²) in [4.78, 5) is 0. The minimum atomic E-state index is 0.980. The Morgan fingerprint density at radius 3 is 1.93 bits per heavy atom. The lowest BCUT2D eigenvalue weighted by molar-refractivity contribution is 0.779. The molecule has 1 aromatic carbocycles. The second-order valence-electron chi connectivity index (χ2n) is 7.06. The molecule has 30 heavy (non-hydrogen) atoms. The molecular weight excluding hydrogens is 362 g/mol. The van der Waals surface area contributed by atoms with Crippen LogP contribution < -0.4 is 5.32 Å². The van der Waals surface area contributed by atoms with Gasteiger partial charge in [-0.05, 0) is 70.2 Å². The van der Waals surface area contributed by atoms with Crippen LogP contribution in [0.5, 0.6) is 0 Å². The van der Waals surface area contributed by atoms with Crippen molar-refractivity contribution in [1.82, 2.24) is 5.32 Å². The first kappa shape index (κ1) is 32.4. The van der Waals surface area contributed by atoms with Gasteiger partial charge in [-0.3, -0.25) is 0 Å². The molecule has 0 aromatic heterocycles. The Balaban J connectivity index is -0.000000372. The average molecular weight is 412 g/mol. The highest BCUT2D eigenvalue weighted by molar-refractivity contribution is 5.31. The smallest absolute Gasteiger partial charge is 0.0366 e. The summed E-state index contributed by atoms with van der Waals surface area (Å²) in [5.74, 6) is 0. The monoisotopic (exact) mass is 411 g/mol. The minimum Gasteiger partial charge on any atom is -0.385 e. The van der Waals surface area contributed by atoms with Crippen LogP contribution >= 0.6 is 0 Å². The van der Waals surface area contributed by atoms with Gasteiger partial charge in [-0.2, -0.15) is 0 Å². The van der Waals surface area contributed by atoms with Crippen LogP contribution in [0.2, 0.25) is 0 Å². The van der Waals surface area contributed by atoms with Crippen LogP contribution in [0.25, 0.3) is 0 Å². The lowest BCUT2D eigenvalue weighted by Crippen LogP contribution is -2.13. The summed E-state index contributed by atoms with van der Waals surface area (Å²) < 4.78 is 0. The van der Waals surface area contributed by atoms with Gasteiger partial charge in [0.2, 0.25) is 0 Å². The van der Waals surface area contributed by atoms with Gasteiger partial charge in [0, 0.05) is 12.2 Å². The number of nitrogens with one attached hydrogen (secondary N) is 1. The highest BCUT2D eigenvalue weighted by Crippen LogP contribution is 2.11.